The van der Waals surface area contributed by atoms with Gasteiger partial charge in [-0.25, -0.2) is 9.78 Å². The average molecular weight is 335 g/mol. The summed E-state index contributed by atoms with van der Waals surface area (Å²) in [5.41, 5.74) is -0.367. The predicted molar refractivity (Wildman–Crippen MR) is 87.3 cm³/mol. The minimum atomic E-state index is -1.25. The molecular formula is C16H21N3O3S. The van der Waals surface area contributed by atoms with Gasteiger partial charge in [0.1, 0.15) is 11.4 Å². The molecule has 1 aliphatic rings. The van der Waals surface area contributed by atoms with Crippen LogP contribution in [0.1, 0.15) is 55.1 Å². The fourth-order valence-electron chi connectivity index (χ4n) is 2.26. The highest BCUT2D eigenvalue weighted by molar-refractivity contribution is 7.09. The van der Waals surface area contributed by atoms with Crippen molar-refractivity contribution in [2.24, 2.45) is 0 Å². The molecule has 1 aliphatic carbocycles. The Kier molecular flexibility index (Phi) is 4.41. The summed E-state index contributed by atoms with van der Waals surface area (Å²) >= 11 is 1.66. The zero-order chi connectivity index (χ0) is 16.4. The van der Waals surface area contributed by atoms with Gasteiger partial charge in [0.2, 0.25) is 0 Å². The Hall–Kier alpha value is -1.86. The van der Waals surface area contributed by atoms with Gasteiger partial charge < -0.3 is 20.2 Å². The largest absolute Gasteiger partial charge is 0.466 e. The normalized spacial score (nSPS) is 18.2. The molecule has 2 atom stereocenters. The summed E-state index contributed by atoms with van der Waals surface area (Å²) in [4.78, 5) is 16.6. The van der Waals surface area contributed by atoms with Crippen molar-refractivity contribution < 1.29 is 14.3 Å². The summed E-state index contributed by atoms with van der Waals surface area (Å²) in [6.45, 7) is 3.55. The number of aromatic nitrogens is 1. The first-order chi connectivity index (χ1) is 11.0. The second-order valence-corrected chi connectivity index (χ2v) is 7.07. The number of urea groups is 1. The molecular weight excluding hydrogens is 314 g/mol. The van der Waals surface area contributed by atoms with Crippen molar-refractivity contribution in [3.05, 3.63) is 40.2 Å². The second kappa shape index (κ2) is 6.33. The summed E-state index contributed by atoms with van der Waals surface area (Å²) in [7, 11) is 0. The lowest BCUT2D eigenvalue weighted by molar-refractivity contribution is 0.0366. The molecule has 3 N–H and O–H groups in total. The lowest BCUT2D eigenvalue weighted by atomic mass is 10.0. The van der Waals surface area contributed by atoms with Crippen molar-refractivity contribution in [2.75, 3.05) is 6.54 Å². The van der Waals surface area contributed by atoms with Crippen molar-refractivity contribution in [1.29, 1.82) is 0 Å². The van der Waals surface area contributed by atoms with Gasteiger partial charge in [-0.05, 0) is 38.8 Å². The van der Waals surface area contributed by atoms with Gasteiger partial charge in [-0.3, -0.25) is 0 Å². The van der Waals surface area contributed by atoms with Crippen molar-refractivity contribution >= 4 is 17.4 Å². The zero-order valence-electron chi connectivity index (χ0n) is 13.2. The molecule has 3 rings (SSSR count). The van der Waals surface area contributed by atoms with Gasteiger partial charge in [0.05, 0.1) is 29.6 Å². The molecule has 0 unspecified atom stereocenters. The Bertz CT molecular complexity index is 662. The number of nitrogens with one attached hydrogen (secondary N) is 2. The number of hydrogen-bond acceptors (Lipinski definition) is 5. The minimum Gasteiger partial charge on any atom is -0.466 e. The van der Waals surface area contributed by atoms with Crippen LogP contribution in [-0.2, 0) is 5.60 Å². The van der Waals surface area contributed by atoms with Crippen LogP contribution in [0.3, 0.4) is 0 Å². The van der Waals surface area contributed by atoms with Crippen LogP contribution in [0.2, 0.25) is 0 Å². The Morgan fingerprint density at radius 2 is 2.39 bits per heavy atom. The molecule has 23 heavy (non-hydrogen) atoms. The molecule has 124 valence electrons. The number of amides is 2. The molecule has 7 heteroatoms. The molecule has 0 aromatic carbocycles. The van der Waals surface area contributed by atoms with E-state index >= 15 is 0 Å². The number of carbonyl (C=O) groups is 1. The molecule has 0 bridgehead atoms. The SMILES string of the molecule is C[C@H](NC(=O)NC[C@@](C)(O)c1ccco1)c1csc(C2CC2)n1. The Morgan fingerprint density at radius 1 is 1.61 bits per heavy atom. The summed E-state index contributed by atoms with van der Waals surface area (Å²) in [6.07, 6.45) is 3.93. The predicted octanol–water partition coefficient (Wildman–Crippen LogP) is 2.88. The molecule has 2 aromatic heterocycles. The standard InChI is InChI=1S/C16H21N3O3S/c1-10(12-8-23-14(19-12)11-5-6-11)18-15(20)17-9-16(2,21)13-4-3-7-22-13/h3-4,7-8,10-11,21H,5-6,9H2,1-2H3,(H2,17,18,20)/t10-,16+/m0/s1. The summed E-state index contributed by atoms with van der Waals surface area (Å²) in [5.74, 6) is 1.04. The van der Waals surface area contributed by atoms with Crippen LogP contribution in [0.5, 0.6) is 0 Å². The van der Waals surface area contributed by atoms with Crippen LogP contribution in [0.25, 0.3) is 0 Å². The first-order valence-corrected chi connectivity index (χ1v) is 8.60. The van der Waals surface area contributed by atoms with E-state index in [4.69, 9.17) is 4.42 Å². The first-order valence-electron chi connectivity index (χ1n) is 7.72. The number of rotatable bonds is 6. The summed E-state index contributed by atoms with van der Waals surface area (Å²) in [6, 6.07) is 2.86. The topological polar surface area (TPSA) is 87.4 Å². The molecule has 0 aliphatic heterocycles. The third-order valence-corrected chi connectivity index (χ3v) is 4.93. The highest BCUT2D eigenvalue weighted by Gasteiger charge is 2.28. The monoisotopic (exact) mass is 335 g/mol. The van der Waals surface area contributed by atoms with Crippen LogP contribution in [0.4, 0.5) is 4.79 Å². The Morgan fingerprint density at radius 3 is 3.04 bits per heavy atom. The number of carbonyl (C=O) groups excluding carboxylic acids is 1. The molecule has 2 amide bonds. The Balaban J connectivity index is 1.50. The van der Waals surface area contributed by atoms with E-state index in [0.717, 1.165) is 10.7 Å². The third-order valence-electron chi connectivity index (χ3n) is 3.90. The number of aliphatic hydroxyl groups is 1. The van der Waals surface area contributed by atoms with Crippen LogP contribution in [0, 0.1) is 0 Å². The van der Waals surface area contributed by atoms with Gasteiger partial charge in [-0.1, -0.05) is 0 Å². The Labute approximate surface area is 138 Å². The number of thiazole rings is 1. The van der Waals surface area contributed by atoms with Gasteiger partial charge in [0, 0.05) is 11.3 Å². The first kappa shape index (κ1) is 16.0. The maximum Gasteiger partial charge on any atom is 0.315 e. The lowest BCUT2D eigenvalue weighted by Gasteiger charge is -2.22. The highest BCUT2D eigenvalue weighted by atomic mass is 32.1. The maximum absolute atomic E-state index is 12.0. The molecule has 1 saturated carbocycles. The van der Waals surface area contributed by atoms with Crippen LogP contribution in [0.15, 0.2) is 28.2 Å². The molecule has 0 radical (unpaired) electrons. The quantitative estimate of drug-likeness (QED) is 0.757. The van der Waals surface area contributed by atoms with Gasteiger partial charge in [0.15, 0.2) is 0 Å². The van der Waals surface area contributed by atoms with E-state index in [1.807, 2.05) is 12.3 Å². The molecule has 6 nitrogen and oxygen atoms in total. The smallest absolute Gasteiger partial charge is 0.315 e. The van der Waals surface area contributed by atoms with E-state index in [1.165, 1.54) is 19.1 Å². The highest BCUT2D eigenvalue weighted by Crippen LogP contribution is 2.41. The second-order valence-electron chi connectivity index (χ2n) is 6.18. The van der Waals surface area contributed by atoms with E-state index < -0.39 is 5.60 Å². The van der Waals surface area contributed by atoms with E-state index in [9.17, 15) is 9.90 Å². The van der Waals surface area contributed by atoms with Gasteiger partial charge in [-0.2, -0.15) is 0 Å². The van der Waals surface area contributed by atoms with Crippen molar-refractivity contribution in [2.45, 2.75) is 44.2 Å². The molecule has 1 fully saturated rings. The van der Waals surface area contributed by atoms with E-state index in [-0.39, 0.29) is 18.6 Å². The fraction of sp³-hybridized carbons (Fsp3) is 0.500. The van der Waals surface area contributed by atoms with E-state index in [2.05, 4.69) is 15.6 Å². The van der Waals surface area contributed by atoms with Crippen molar-refractivity contribution in [1.82, 2.24) is 15.6 Å². The van der Waals surface area contributed by atoms with Crippen LogP contribution >= 0.6 is 11.3 Å². The van der Waals surface area contributed by atoms with Gasteiger partial charge in [0.25, 0.3) is 0 Å². The van der Waals surface area contributed by atoms with E-state index in [1.54, 1.807) is 30.4 Å². The molecule has 0 saturated heterocycles. The molecule has 0 spiro atoms. The minimum absolute atomic E-state index is 0.0590. The average Bonchev–Trinajstić information content (AvgIpc) is 3.04. The summed E-state index contributed by atoms with van der Waals surface area (Å²) in [5, 5.41) is 19.0. The number of hydrogen-bond donors (Lipinski definition) is 3. The number of nitrogens with zero attached hydrogens (tertiary/aromatic N) is 1. The van der Waals surface area contributed by atoms with Crippen LogP contribution in [-0.4, -0.2) is 22.7 Å². The molecule has 2 heterocycles. The van der Waals surface area contributed by atoms with Crippen molar-refractivity contribution in [3.8, 4) is 0 Å². The zero-order valence-corrected chi connectivity index (χ0v) is 14.0. The third kappa shape index (κ3) is 3.92. The van der Waals surface area contributed by atoms with Gasteiger partial charge in [-0.15, -0.1) is 11.3 Å². The number of furan rings is 1. The lowest BCUT2D eigenvalue weighted by Crippen LogP contribution is -2.44. The van der Waals surface area contributed by atoms with E-state index in [0.29, 0.717) is 11.7 Å². The van der Waals surface area contributed by atoms with Gasteiger partial charge >= 0.3 is 6.03 Å². The molecule has 2 aromatic rings. The maximum atomic E-state index is 12.0. The van der Waals surface area contributed by atoms with Crippen LogP contribution < -0.4 is 10.6 Å². The summed E-state index contributed by atoms with van der Waals surface area (Å²) < 4.78 is 5.18. The fourth-order valence-corrected chi connectivity index (χ4v) is 3.35. The van der Waals surface area contributed by atoms with Crippen molar-refractivity contribution in [3.63, 3.8) is 0 Å².